The van der Waals surface area contributed by atoms with Crippen LogP contribution in [0.4, 0.5) is 0 Å². The minimum atomic E-state index is -4.05. The number of phosphoric acid groups is 1. The third-order valence-corrected chi connectivity index (χ3v) is 7.58. The molecule has 0 spiro atoms. The van der Waals surface area contributed by atoms with Gasteiger partial charge in [0.1, 0.15) is 5.78 Å². The van der Waals surface area contributed by atoms with Gasteiger partial charge in [-0.15, -0.1) is 0 Å². The maximum atomic E-state index is 12.1. The van der Waals surface area contributed by atoms with E-state index in [1.54, 1.807) is 6.92 Å². The van der Waals surface area contributed by atoms with E-state index in [4.69, 9.17) is 9.05 Å². The molecule has 35 heavy (non-hydrogen) atoms. The Balaban J connectivity index is 3.74. The van der Waals surface area contributed by atoms with Crippen molar-refractivity contribution < 1.29 is 28.2 Å². The molecular formula is C28H59NO5P+. The van der Waals surface area contributed by atoms with Crippen LogP contribution in [-0.4, -0.2) is 44.5 Å². The number of carbonyl (C=O) groups excluding carboxylic acids is 1. The molecule has 0 aromatic heterocycles. The Bertz CT molecular complexity index is 529. The SMILES string of the molecule is CCCCCCCCCCCCCCCCCCC(COP(=O)(O)OCCC[NH+](C)C)CC(C)=O. The molecule has 2 N–H and O–H groups in total. The van der Waals surface area contributed by atoms with Crippen molar-refractivity contribution >= 4 is 13.6 Å². The Kier molecular flexibility index (Phi) is 23.9. The van der Waals surface area contributed by atoms with E-state index in [1.807, 2.05) is 14.1 Å². The number of ketones is 1. The standard InChI is InChI=1S/C28H58NO5P/c1-5-6-7-8-9-10-11-12-13-14-15-16-17-18-19-20-22-28(25-27(2)30)26-34-35(31,32)33-24-21-23-29(3)4/h28H,5-26H2,1-4H3,(H,31,32)/p+1. The summed E-state index contributed by atoms with van der Waals surface area (Å²) >= 11 is 0. The Morgan fingerprint density at radius 3 is 1.66 bits per heavy atom. The number of unbranched alkanes of at least 4 members (excludes halogenated alkanes) is 15. The van der Waals surface area contributed by atoms with Crippen molar-refractivity contribution in [1.29, 1.82) is 0 Å². The third kappa shape index (κ3) is 26.6. The van der Waals surface area contributed by atoms with E-state index in [1.165, 1.54) is 94.8 Å². The fourth-order valence-electron chi connectivity index (χ4n) is 4.47. The number of Topliss-reactive ketones (excluding diaryl/α,β-unsaturated/α-hetero) is 1. The highest BCUT2D eigenvalue weighted by Gasteiger charge is 2.23. The van der Waals surface area contributed by atoms with E-state index in [0.717, 1.165) is 25.8 Å². The van der Waals surface area contributed by atoms with Crippen LogP contribution < -0.4 is 4.90 Å². The fourth-order valence-corrected chi connectivity index (χ4v) is 5.31. The van der Waals surface area contributed by atoms with E-state index in [2.05, 4.69) is 6.92 Å². The maximum Gasteiger partial charge on any atom is 0.472 e. The van der Waals surface area contributed by atoms with Gasteiger partial charge in [0, 0.05) is 12.8 Å². The topological polar surface area (TPSA) is 77.3 Å². The molecule has 0 aliphatic rings. The molecule has 0 aromatic carbocycles. The second kappa shape index (κ2) is 24.1. The summed E-state index contributed by atoms with van der Waals surface area (Å²) in [6, 6.07) is 0. The summed E-state index contributed by atoms with van der Waals surface area (Å²) < 4.78 is 22.4. The van der Waals surface area contributed by atoms with Crippen molar-refractivity contribution in [3.8, 4) is 0 Å². The van der Waals surface area contributed by atoms with Crippen LogP contribution in [-0.2, 0) is 18.4 Å². The van der Waals surface area contributed by atoms with Crippen LogP contribution in [0.2, 0.25) is 0 Å². The second-order valence-corrected chi connectivity index (χ2v) is 12.2. The van der Waals surface area contributed by atoms with Crippen molar-refractivity contribution in [2.45, 2.75) is 136 Å². The molecule has 0 heterocycles. The highest BCUT2D eigenvalue weighted by atomic mass is 31.2. The predicted molar refractivity (Wildman–Crippen MR) is 147 cm³/mol. The van der Waals surface area contributed by atoms with Crippen LogP contribution in [0.1, 0.15) is 136 Å². The highest BCUT2D eigenvalue weighted by molar-refractivity contribution is 7.47. The van der Waals surface area contributed by atoms with Crippen LogP contribution in [0.15, 0.2) is 0 Å². The lowest BCUT2D eigenvalue weighted by Crippen LogP contribution is -3.05. The normalized spacial score (nSPS) is 14.3. The molecule has 2 unspecified atom stereocenters. The lowest BCUT2D eigenvalue weighted by Gasteiger charge is -2.18. The molecule has 2 atom stereocenters. The molecule has 0 radical (unpaired) electrons. The summed E-state index contributed by atoms with van der Waals surface area (Å²) in [4.78, 5) is 22.8. The number of hydrogen-bond donors (Lipinski definition) is 2. The van der Waals surface area contributed by atoms with E-state index in [0.29, 0.717) is 12.8 Å². The summed E-state index contributed by atoms with van der Waals surface area (Å²) in [6.45, 7) is 5.01. The molecule has 0 amide bonds. The van der Waals surface area contributed by atoms with Gasteiger partial charge in [-0.05, 0) is 19.3 Å². The van der Waals surface area contributed by atoms with E-state index >= 15 is 0 Å². The summed E-state index contributed by atoms with van der Waals surface area (Å²) in [7, 11) is 0.00937. The zero-order chi connectivity index (χ0) is 26.2. The number of nitrogens with one attached hydrogen (secondary N) is 1. The van der Waals surface area contributed by atoms with Crippen LogP contribution in [0.3, 0.4) is 0 Å². The molecule has 0 bridgehead atoms. The van der Waals surface area contributed by atoms with E-state index < -0.39 is 7.82 Å². The third-order valence-electron chi connectivity index (χ3n) is 6.59. The average molecular weight is 521 g/mol. The van der Waals surface area contributed by atoms with Gasteiger partial charge >= 0.3 is 7.82 Å². The molecule has 7 heteroatoms. The van der Waals surface area contributed by atoms with Gasteiger partial charge in [-0.2, -0.15) is 0 Å². The summed E-state index contributed by atoms with van der Waals surface area (Å²) in [5, 5.41) is 0. The van der Waals surface area contributed by atoms with E-state index in [-0.39, 0.29) is 24.9 Å². The second-order valence-electron chi connectivity index (χ2n) is 10.8. The Morgan fingerprint density at radius 2 is 1.23 bits per heavy atom. The number of quaternary nitrogens is 1. The molecule has 0 saturated carbocycles. The Labute approximate surface area is 217 Å². The quantitative estimate of drug-likeness (QED) is 0.0910. The molecule has 0 rings (SSSR count). The first-order valence-corrected chi connectivity index (χ1v) is 16.2. The van der Waals surface area contributed by atoms with Crippen molar-refractivity contribution in [3.05, 3.63) is 0 Å². The fraction of sp³-hybridized carbons (Fsp3) is 0.964. The molecule has 0 aromatic rings. The molecule has 6 nitrogen and oxygen atoms in total. The lowest BCUT2D eigenvalue weighted by molar-refractivity contribution is -0.858. The molecule has 0 aliphatic heterocycles. The number of phosphoric ester groups is 1. The molecule has 0 fully saturated rings. The van der Waals surface area contributed by atoms with Crippen LogP contribution in [0, 0.1) is 5.92 Å². The van der Waals surface area contributed by atoms with Gasteiger partial charge in [0.15, 0.2) is 0 Å². The van der Waals surface area contributed by atoms with Crippen molar-refractivity contribution in [2.24, 2.45) is 5.92 Å². The maximum absolute atomic E-state index is 12.1. The molecule has 210 valence electrons. The summed E-state index contributed by atoms with van der Waals surface area (Å²) in [5.41, 5.74) is 0. The summed E-state index contributed by atoms with van der Waals surface area (Å²) in [6.07, 6.45) is 23.2. The molecule has 0 saturated heterocycles. The van der Waals surface area contributed by atoms with Gasteiger partial charge in [-0.3, -0.25) is 9.05 Å². The first-order valence-electron chi connectivity index (χ1n) is 14.7. The van der Waals surface area contributed by atoms with Crippen molar-refractivity contribution in [3.63, 3.8) is 0 Å². The Hall–Kier alpha value is -0.260. The van der Waals surface area contributed by atoms with Gasteiger partial charge in [0.2, 0.25) is 0 Å². The monoisotopic (exact) mass is 520 g/mol. The zero-order valence-electron chi connectivity index (χ0n) is 23.7. The summed E-state index contributed by atoms with van der Waals surface area (Å²) in [5.74, 6) is 0.0761. The number of carbonyl (C=O) groups is 1. The minimum absolute atomic E-state index is 0.0190. The first-order chi connectivity index (χ1) is 16.8. The largest absolute Gasteiger partial charge is 0.472 e. The Morgan fingerprint density at radius 1 is 0.771 bits per heavy atom. The lowest BCUT2D eigenvalue weighted by atomic mass is 9.96. The minimum Gasteiger partial charge on any atom is -0.340 e. The van der Waals surface area contributed by atoms with Crippen molar-refractivity contribution in [2.75, 3.05) is 33.9 Å². The van der Waals surface area contributed by atoms with Crippen molar-refractivity contribution in [1.82, 2.24) is 0 Å². The average Bonchev–Trinajstić information content (AvgIpc) is 2.79. The van der Waals surface area contributed by atoms with Crippen LogP contribution in [0.5, 0.6) is 0 Å². The van der Waals surface area contributed by atoms with Gasteiger partial charge in [-0.1, -0.05) is 110 Å². The number of rotatable bonds is 27. The van der Waals surface area contributed by atoms with Gasteiger partial charge < -0.3 is 14.6 Å². The highest BCUT2D eigenvalue weighted by Crippen LogP contribution is 2.44. The van der Waals surface area contributed by atoms with Gasteiger partial charge in [0.05, 0.1) is 33.9 Å². The predicted octanol–water partition coefficient (Wildman–Crippen LogP) is 6.90. The van der Waals surface area contributed by atoms with Gasteiger partial charge in [0.25, 0.3) is 0 Å². The molecule has 0 aliphatic carbocycles. The smallest absolute Gasteiger partial charge is 0.340 e. The van der Waals surface area contributed by atoms with Gasteiger partial charge in [-0.25, -0.2) is 4.57 Å². The number of hydrogen-bond acceptors (Lipinski definition) is 4. The zero-order valence-corrected chi connectivity index (χ0v) is 24.6. The molecular weight excluding hydrogens is 461 g/mol. The first kappa shape index (κ1) is 34.7. The van der Waals surface area contributed by atoms with E-state index in [9.17, 15) is 14.3 Å². The van der Waals surface area contributed by atoms with Crippen LogP contribution in [0.25, 0.3) is 0 Å². The van der Waals surface area contributed by atoms with Crippen LogP contribution >= 0.6 is 7.82 Å².